The van der Waals surface area contributed by atoms with E-state index in [-0.39, 0.29) is 29.5 Å². The molecule has 47 heavy (non-hydrogen) atoms. The van der Waals surface area contributed by atoms with Gasteiger partial charge in [0.1, 0.15) is 41.5 Å². The lowest BCUT2D eigenvalue weighted by Gasteiger charge is -2.62. The van der Waals surface area contributed by atoms with Gasteiger partial charge in [0.15, 0.2) is 5.76 Å². The molecule has 0 spiro atoms. The maximum Gasteiger partial charge on any atom is 0.303 e. The highest BCUT2D eigenvalue weighted by Gasteiger charge is 2.81. The number of aliphatic hydroxyl groups is 2. The van der Waals surface area contributed by atoms with E-state index in [2.05, 4.69) is 6.58 Å². The first-order valence-corrected chi connectivity index (χ1v) is 16.7. The molecule has 7 aliphatic rings. The van der Waals surface area contributed by atoms with Crippen LogP contribution in [0.5, 0.6) is 0 Å². The number of ether oxygens (including phenoxy) is 5. The van der Waals surface area contributed by atoms with Gasteiger partial charge >= 0.3 is 17.9 Å². The van der Waals surface area contributed by atoms with Gasteiger partial charge < -0.3 is 33.9 Å². The van der Waals surface area contributed by atoms with Gasteiger partial charge in [-0.1, -0.05) is 34.3 Å². The van der Waals surface area contributed by atoms with E-state index in [1.807, 2.05) is 40.7 Å². The fourth-order valence-corrected chi connectivity index (χ4v) is 12.1. The molecule has 0 amide bonds. The molecule has 3 saturated carbocycles. The van der Waals surface area contributed by atoms with Crippen LogP contribution in [0.4, 0.5) is 0 Å². The molecule has 2 saturated heterocycles. The van der Waals surface area contributed by atoms with Crippen LogP contribution in [0, 0.1) is 57.7 Å². The number of ketones is 1. The summed E-state index contributed by atoms with van der Waals surface area (Å²) in [6, 6.07) is 0. The van der Waals surface area contributed by atoms with Crippen LogP contribution in [0.25, 0.3) is 0 Å². The van der Waals surface area contributed by atoms with Gasteiger partial charge in [0.2, 0.25) is 5.78 Å². The van der Waals surface area contributed by atoms with Crippen molar-refractivity contribution in [1.82, 2.24) is 0 Å². The van der Waals surface area contributed by atoms with Gasteiger partial charge in [-0.25, -0.2) is 0 Å². The van der Waals surface area contributed by atoms with E-state index in [0.29, 0.717) is 17.8 Å². The monoisotopic (exact) mass is 654 g/mol. The first kappa shape index (κ1) is 32.4. The van der Waals surface area contributed by atoms with Crippen LogP contribution in [0.3, 0.4) is 0 Å². The Morgan fingerprint density at radius 2 is 1.51 bits per heavy atom. The van der Waals surface area contributed by atoms with Crippen molar-refractivity contribution in [2.75, 3.05) is 0 Å². The van der Waals surface area contributed by atoms with Gasteiger partial charge in [-0.05, 0) is 49.2 Å². The standard InChI is InChI=1S/C36H46O11/c1-13-11-21-35(9,36(10,42)15(3)43-21)26-23(13)34(8)25(30(26)44-16(4)37)22-24(14(2)31(34)45-17(5)38)33(7)19(27(40)28(22)41)12-20-29(47-20)32(33)46-18(6)39/h11,13-14,20,22-26,29-32,40,42H,3,12H2,1-2,4-10H3/t13-,14+,20+,22-,23+,24?,25-,26+,29+,30-,31+,32+,33+,34-,35+,36-/m1/s1. The highest BCUT2D eigenvalue weighted by molar-refractivity contribution is 5.98. The average Bonchev–Trinajstić information content (AvgIpc) is 3.65. The summed E-state index contributed by atoms with van der Waals surface area (Å²) in [5.74, 6) is -5.74. The molecule has 0 aromatic heterocycles. The van der Waals surface area contributed by atoms with Gasteiger partial charge in [-0.15, -0.1) is 0 Å². The Labute approximate surface area is 274 Å². The van der Waals surface area contributed by atoms with Crippen molar-refractivity contribution in [2.24, 2.45) is 57.7 Å². The van der Waals surface area contributed by atoms with Crippen LogP contribution < -0.4 is 0 Å². The number of Topliss-reactive ketones (excluding diaryl/α,β-unsaturated/α-hetero) is 1. The Bertz CT molecular complexity index is 1570. The molecule has 11 nitrogen and oxygen atoms in total. The summed E-state index contributed by atoms with van der Waals surface area (Å²) in [6.07, 6.45) is -0.994. The van der Waals surface area contributed by atoms with Crippen molar-refractivity contribution in [2.45, 2.75) is 105 Å². The molecule has 2 aliphatic heterocycles. The lowest BCUT2D eigenvalue weighted by atomic mass is 9.42. The summed E-state index contributed by atoms with van der Waals surface area (Å²) < 4.78 is 30.7. The average molecular weight is 655 g/mol. The number of fused-ring (bicyclic) bond motifs is 10. The van der Waals surface area contributed by atoms with Crippen molar-refractivity contribution in [1.29, 1.82) is 0 Å². The summed E-state index contributed by atoms with van der Waals surface area (Å²) in [4.78, 5) is 53.3. The SMILES string of the molecule is C=C1OC2=C[C@@H](C)[C@H]3[C@@H]([C@H](OC(C)=O)[C@H]4[C@@H]5C(=O)C(O)=C6C[C@@H]7O[C@@H]7[C@H](OC(C)=O)[C@]6(C)C5[C@H](C)[C@H](OC(C)=O)[C@]34C)[C@@]2(C)[C@]1(C)O. The maximum atomic E-state index is 14.8. The molecule has 1 unspecified atom stereocenters. The van der Waals surface area contributed by atoms with Gasteiger partial charge in [0, 0.05) is 55.8 Å². The number of epoxide rings is 1. The number of rotatable bonds is 3. The molecular weight excluding hydrogens is 608 g/mol. The number of aliphatic hydroxyl groups excluding tert-OH is 1. The Kier molecular flexibility index (Phi) is 6.69. The molecule has 2 heterocycles. The summed E-state index contributed by atoms with van der Waals surface area (Å²) >= 11 is 0. The van der Waals surface area contributed by atoms with Gasteiger partial charge in [0.25, 0.3) is 0 Å². The van der Waals surface area contributed by atoms with Crippen LogP contribution in [0.1, 0.15) is 68.7 Å². The molecule has 256 valence electrons. The first-order valence-electron chi connectivity index (χ1n) is 16.7. The van der Waals surface area contributed by atoms with E-state index < -0.39 is 99.5 Å². The molecule has 0 aromatic carbocycles. The quantitative estimate of drug-likeness (QED) is 0.258. The van der Waals surface area contributed by atoms with Gasteiger partial charge in [-0.3, -0.25) is 19.2 Å². The number of hydrogen-bond acceptors (Lipinski definition) is 11. The van der Waals surface area contributed by atoms with E-state index in [4.69, 9.17) is 23.7 Å². The number of esters is 3. The second-order valence-electron chi connectivity index (χ2n) is 16.0. The fourth-order valence-electron chi connectivity index (χ4n) is 12.1. The van der Waals surface area contributed by atoms with Crippen molar-refractivity contribution >= 4 is 23.7 Å². The molecule has 5 fully saturated rings. The second-order valence-corrected chi connectivity index (χ2v) is 16.0. The van der Waals surface area contributed by atoms with E-state index in [9.17, 15) is 29.4 Å². The molecule has 16 atom stereocenters. The van der Waals surface area contributed by atoms with Crippen molar-refractivity contribution < 1.29 is 53.1 Å². The van der Waals surface area contributed by atoms with E-state index >= 15 is 0 Å². The third-order valence-electron chi connectivity index (χ3n) is 13.9. The highest BCUT2D eigenvalue weighted by atomic mass is 16.6. The number of allylic oxidation sites excluding steroid dienone is 2. The largest absolute Gasteiger partial charge is 0.504 e. The molecule has 0 radical (unpaired) electrons. The third-order valence-corrected chi connectivity index (χ3v) is 13.9. The summed E-state index contributed by atoms with van der Waals surface area (Å²) in [6.45, 7) is 19.4. The van der Waals surface area contributed by atoms with E-state index in [0.717, 1.165) is 0 Å². The zero-order chi connectivity index (χ0) is 34.5. The van der Waals surface area contributed by atoms with Gasteiger partial charge in [0.05, 0.1) is 11.5 Å². The van der Waals surface area contributed by atoms with E-state index in [1.165, 1.54) is 20.8 Å². The van der Waals surface area contributed by atoms with Crippen molar-refractivity contribution in [3.05, 3.63) is 35.5 Å². The molecule has 0 bridgehead atoms. The summed E-state index contributed by atoms with van der Waals surface area (Å²) in [5, 5.41) is 23.9. The van der Waals surface area contributed by atoms with Crippen LogP contribution >= 0.6 is 0 Å². The first-order chi connectivity index (χ1) is 21.7. The minimum absolute atomic E-state index is 0.167. The molecule has 2 N–H and O–H groups in total. The maximum absolute atomic E-state index is 14.8. The summed E-state index contributed by atoms with van der Waals surface area (Å²) in [5.41, 5.74) is -4.31. The lowest BCUT2D eigenvalue weighted by molar-refractivity contribution is -0.216. The van der Waals surface area contributed by atoms with Gasteiger partial charge in [-0.2, -0.15) is 0 Å². The Balaban J connectivity index is 1.51. The minimum Gasteiger partial charge on any atom is -0.504 e. The highest BCUT2D eigenvalue weighted by Crippen LogP contribution is 2.76. The summed E-state index contributed by atoms with van der Waals surface area (Å²) in [7, 11) is 0. The second kappa shape index (κ2) is 9.71. The zero-order valence-corrected chi connectivity index (χ0v) is 28.5. The number of hydrogen-bond donors (Lipinski definition) is 2. The topological polar surface area (TPSA) is 158 Å². The van der Waals surface area contributed by atoms with E-state index in [1.54, 1.807) is 6.92 Å². The predicted molar refractivity (Wildman–Crippen MR) is 164 cm³/mol. The number of carbonyl (C=O) groups is 4. The molecule has 5 aliphatic carbocycles. The molecule has 7 rings (SSSR count). The molecule has 0 aromatic rings. The molecular formula is C36H46O11. The Morgan fingerprint density at radius 1 is 0.915 bits per heavy atom. The van der Waals surface area contributed by atoms with Crippen LogP contribution in [0.15, 0.2) is 35.5 Å². The van der Waals surface area contributed by atoms with Crippen LogP contribution in [-0.2, 0) is 42.9 Å². The third kappa shape index (κ3) is 3.76. The smallest absolute Gasteiger partial charge is 0.303 e. The number of carbonyl (C=O) groups excluding carboxylic acids is 4. The predicted octanol–water partition coefficient (Wildman–Crippen LogP) is 3.94. The minimum atomic E-state index is -1.58. The normalized spacial score (nSPS) is 52.0. The zero-order valence-electron chi connectivity index (χ0n) is 28.5. The fraction of sp³-hybridized carbons (Fsp3) is 0.722. The van der Waals surface area contributed by atoms with Crippen molar-refractivity contribution in [3.8, 4) is 0 Å². The van der Waals surface area contributed by atoms with Crippen LogP contribution in [-0.4, -0.2) is 70.0 Å². The Morgan fingerprint density at radius 3 is 2.11 bits per heavy atom. The Hall–Kier alpha value is -3.18. The van der Waals surface area contributed by atoms with Crippen molar-refractivity contribution in [3.63, 3.8) is 0 Å². The molecule has 11 heteroatoms. The van der Waals surface area contributed by atoms with Crippen LogP contribution in [0.2, 0.25) is 0 Å². The lowest BCUT2D eigenvalue weighted by Crippen LogP contribution is -2.67.